The summed E-state index contributed by atoms with van der Waals surface area (Å²) in [6.07, 6.45) is 5.86. The Morgan fingerprint density at radius 2 is 1.96 bits per heavy atom. The predicted octanol–water partition coefficient (Wildman–Crippen LogP) is 3.18. The molecular weight excluding hydrogens is 330 g/mol. The summed E-state index contributed by atoms with van der Waals surface area (Å²) in [4.78, 5) is 27.0. The third-order valence-corrected chi connectivity index (χ3v) is 4.57. The van der Waals surface area contributed by atoms with Gasteiger partial charge in [-0.15, -0.1) is 0 Å². The van der Waals surface area contributed by atoms with E-state index in [9.17, 15) is 9.59 Å². The topological polar surface area (TPSA) is 70.7 Å². The molecule has 0 radical (unpaired) electrons. The molecule has 0 aromatic heterocycles. The lowest BCUT2D eigenvalue weighted by atomic mass is 10.1. The maximum absolute atomic E-state index is 12.7. The van der Waals surface area contributed by atoms with Crippen LogP contribution >= 0.6 is 0 Å². The Morgan fingerprint density at radius 1 is 1.19 bits per heavy atom. The molecule has 1 saturated heterocycles. The number of carbonyl (C=O) groups excluding carboxylic acids is 2. The quantitative estimate of drug-likeness (QED) is 0.663. The number of piperidine rings is 1. The smallest absolute Gasteiger partial charge is 0.253 e. The summed E-state index contributed by atoms with van der Waals surface area (Å²) < 4.78 is 5.01. The highest BCUT2D eigenvalue weighted by Crippen LogP contribution is 2.27. The van der Waals surface area contributed by atoms with Crippen molar-refractivity contribution in [3.05, 3.63) is 23.8 Å². The molecule has 0 saturated carbocycles. The first-order valence-electron chi connectivity index (χ1n) is 9.61. The van der Waals surface area contributed by atoms with Gasteiger partial charge in [0, 0.05) is 44.5 Å². The summed E-state index contributed by atoms with van der Waals surface area (Å²) >= 11 is 0. The molecule has 1 aliphatic rings. The minimum Gasteiger partial charge on any atom is -0.383 e. The molecule has 0 bridgehead atoms. The highest BCUT2D eigenvalue weighted by atomic mass is 16.5. The maximum atomic E-state index is 12.7. The molecule has 0 atom stereocenters. The van der Waals surface area contributed by atoms with Gasteiger partial charge >= 0.3 is 0 Å². The van der Waals surface area contributed by atoms with E-state index in [0.29, 0.717) is 30.8 Å². The van der Waals surface area contributed by atoms with E-state index in [0.717, 1.165) is 44.5 Å². The van der Waals surface area contributed by atoms with E-state index in [1.54, 1.807) is 13.2 Å². The normalized spacial score (nSPS) is 14.2. The number of hydrogen-bond acceptors (Lipinski definition) is 4. The van der Waals surface area contributed by atoms with Crippen molar-refractivity contribution in [3.63, 3.8) is 0 Å². The highest BCUT2D eigenvalue weighted by Gasteiger charge is 2.19. The maximum Gasteiger partial charge on any atom is 0.253 e. The summed E-state index contributed by atoms with van der Waals surface area (Å²) in [5.74, 6) is -0.143. The van der Waals surface area contributed by atoms with E-state index < -0.39 is 0 Å². The summed E-state index contributed by atoms with van der Waals surface area (Å²) in [5, 5.41) is 5.80. The van der Waals surface area contributed by atoms with E-state index >= 15 is 0 Å². The predicted molar refractivity (Wildman–Crippen MR) is 105 cm³/mol. The first-order valence-corrected chi connectivity index (χ1v) is 9.61. The Kier molecular flexibility index (Phi) is 8.41. The molecule has 6 nitrogen and oxygen atoms in total. The molecule has 1 aromatic rings. The van der Waals surface area contributed by atoms with Gasteiger partial charge in [-0.05, 0) is 43.9 Å². The van der Waals surface area contributed by atoms with Gasteiger partial charge in [0.1, 0.15) is 0 Å². The fourth-order valence-electron chi connectivity index (χ4n) is 3.13. The van der Waals surface area contributed by atoms with Gasteiger partial charge in [0.2, 0.25) is 5.91 Å². The molecular formula is C20H31N3O3. The lowest BCUT2D eigenvalue weighted by Crippen LogP contribution is -2.33. The number of methoxy groups -OCH3 is 1. The summed E-state index contributed by atoms with van der Waals surface area (Å²) in [6, 6.07) is 5.63. The second-order valence-electron chi connectivity index (χ2n) is 6.68. The Morgan fingerprint density at radius 3 is 2.65 bits per heavy atom. The van der Waals surface area contributed by atoms with Gasteiger partial charge in [-0.3, -0.25) is 9.59 Å². The lowest BCUT2D eigenvalue weighted by Gasteiger charge is -2.30. The van der Waals surface area contributed by atoms with E-state index in [1.807, 2.05) is 12.1 Å². The van der Waals surface area contributed by atoms with Crippen LogP contribution in [-0.2, 0) is 9.53 Å². The third kappa shape index (κ3) is 6.02. The Bertz CT molecular complexity index is 598. The van der Waals surface area contributed by atoms with Gasteiger partial charge in [0.05, 0.1) is 12.2 Å². The zero-order valence-corrected chi connectivity index (χ0v) is 16.0. The van der Waals surface area contributed by atoms with Crippen LogP contribution in [0, 0.1) is 0 Å². The van der Waals surface area contributed by atoms with E-state index in [1.165, 1.54) is 6.42 Å². The average Bonchev–Trinajstić information content (AvgIpc) is 2.67. The van der Waals surface area contributed by atoms with E-state index in [4.69, 9.17) is 4.74 Å². The number of ether oxygens (including phenoxy) is 1. The van der Waals surface area contributed by atoms with Crippen LogP contribution < -0.4 is 15.5 Å². The molecule has 2 amide bonds. The second kappa shape index (κ2) is 10.8. The van der Waals surface area contributed by atoms with Gasteiger partial charge in [-0.1, -0.05) is 13.3 Å². The van der Waals surface area contributed by atoms with E-state index in [-0.39, 0.29) is 11.8 Å². The van der Waals surface area contributed by atoms with E-state index in [2.05, 4.69) is 22.5 Å². The van der Waals surface area contributed by atoms with Crippen molar-refractivity contribution < 1.29 is 14.3 Å². The fraction of sp³-hybridized carbons (Fsp3) is 0.600. The van der Waals surface area contributed by atoms with Gasteiger partial charge < -0.3 is 20.3 Å². The minimum absolute atomic E-state index is 0.0108. The molecule has 1 aromatic carbocycles. The monoisotopic (exact) mass is 361 g/mol. The van der Waals surface area contributed by atoms with Gasteiger partial charge in [0.15, 0.2) is 0 Å². The van der Waals surface area contributed by atoms with Crippen LogP contribution in [0.3, 0.4) is 0 Å². The van der Waals surface area contributed by atoms with Crippen molar-refractivity contribution >= 4 is 23.2 Å². The lowest BCUT2D eigenvalue weighted by molar-refractivity contribution is -0.116. The van der Waals surface area contributed by atoms with Crippen molar-refractivity contribution in [3.8, 4) is 0 Å². The molecule has 2 N–H and O–H groups in total. The number of unbranched alkanes of at least 4 members (excludes halogenated alkanes) is 1. The van der Waals surface area contributed by atoms with Crippen molar-refractivity contribution in [2.45, 2.75) is 45.4 Å². The number of amides is 2. The third-order valence-electron chi connectivity index (χ3n) is 4.57. The van der Waals surface area contributed by atoms with Crippen molar-refractivity contribution in [2.75, 3.05) is 43.6 Å². The zero-order valence-electron chi connectivity index (χ0n) is 16.0. The molecule has 26 heavy (non-hydrogen) atoms. The number of anilines is 2. The van der Waals surface area contributed by atoms with Crippen molar-refractivity contribution in [2.24, 2.45) is 0 Å². The second-order valence-corrected chi connectivity index (χ2v) is 6.68. The molecule has 1 heterocycles. The zero-order chi connectivity index (χ0) is 18.8. The highest BCUT2D eigenvalue weighted by molar-refractivity contribution is 6.02. The SMILES string of the molecule is CCCCC(=O)Nc1ccc(N2CCCCC2)c(C(=O)NCCOC)c1. The minimum atomic E-state index is -0.132. The molecule has 2 rings (SSSR count). The Hall–Kier alpha value is -2.08. The van der Waals surface area contributed by atoms with Crippen molar-refractivity contribution in [1.29, 1.82) is 0 Å². The van der Waals surface area contributed by atoms with Crippen LogP contribution in [-0.4, -0.2) is 45.2 Å². The number of benzene rings is 1. The van der Waals surface area contributed by atoms with Crippen LogP contribution in [0.2, 0.25) is 0 Å². The van der Waals surface area contributed by atoms with Crippen LogP contribution in [0.4, 0.5) is 11.4 Å². The standard InChI is InChI=1S/C20H31N3O3/c1-3-4-8-19(24)22-16-9-10-18(23-12-6-5-7-13-23)17(15-16)20(25)21-11-14-26-2/h9-10,15H,3-8,11-14H2,1-2H3,(H,21,25)(H,22,24). The summed E-state index contributed by atoms with van der Waals surface area (Å²) in [6.45, 7) is 4.91. The number of rotatable bonds is 9. The molecule has 0 aliphatic carbocycles. The number of hydrogen-bond donors (Lipinski definition) is 2. The van der Waals surface area contributed by atoms with Gasteiger partial charge in [0.25, 0.3) is 5.91 Å². The van der Waals surface area contributed by atoms with Gasteiger partial charge in [-0.25, -0.2) is 0 Å². The molecule has 1 fully saturated rings. The fourth-order valence-corrected chi connectivity index (χ4v) is 3.13. The number of carbonyl (C=O) groups is 2. The Balaban J connectivity index is 2.18. The summed E-state index contributed by atoms with van der Waals surface area (Å²) in [7, 11) is 1.61. The van der Waals surface area contributed by atoms with Crippen LogP contribution in [0.25, 0.3) is 0 Å². The molecule has 144 valence electrons. The van der Waals surface area contributed by atoms with Crippen molar-refractivity contribution in [1.82, 2.24) is 5.32 Å². The number of nitrogens with zero attached hydrogens (tertiary/aromatic N) is 1. The molecule has 6 heteroatoms. The molecule has 1 aliphatic heterocycles. The average molecular weight is 361 g/mol. The Labute approximate surface area is 156 Å². The molecule has 0 spiro atoms. The first-order chi connectivity index (χ1) is 12.7. The van der Waals surface area contributed by atoms with Crippen LogP contribution in [0.15, 0.2) is 18.2 Å². The number of nitrogens with one attached hydrogen (secondary N) is 2. The van der Waals surface area contributed by atoms with Gasteiger partial charge in [-0.2, -0.15) is 0 Å². The summed E-state index contributed by atoms with van der Waals surface area (Å²) in [5.41, 5.74) is 2.21. The largest absolute Gasteiger partial charge is 0.383 e. The van der Waals surface area contributed by atoms with Crippen LogP contribution in [0.1, 0.15) is 55.8 Å². The first kappa shape index (κ1) is 20.2. The molecule has 0 unspecified atom stereocenters. The van der Waals surface area contributed by atoms with Crippen LogP contribution in [0.5, 0.6) is 0 Å².